The standard InChI is InChI=1S/C16H24N4O/c1-5-17-8-14-15(9-18-16(19-14)12(2)3)20(4)10-13-6-7-21-11-13/h6-7,9,11-12,17H,5,8,10H2,1-4H3. The van der Waals surface area contributed by atoms with Crippen LogP contribution >= 0.6 is 0 Å². The van der Waals surface area contributed by atoms with Crippen LogP contribution in [0.3, 0.4) is 0 Å². The van der Waals surface area contributed by atoms with Crippen molar-refractivity contribution in [2.24, 2.45) is 0 Å². The summed E-state index contributed by atoms with van der Waals surface area (Å²) in [5.41, 5.74) is 3.24. The first-order valence-corrected chi connectivity index (χ1v) is 7.40. The number of hydrogen-bond donors (Lipinski definition) is 1. The molecule has 0 aliphatic heterocycles. The molecule has 0 radical (unpaired) electrons. The van der Waals surface area contributed by atoms with Crippen LogP contribution in [0, 0.1) is 0 Å². The fourth-order valence-corrected chi connectivity index (χ4v) is 2.14. The zero-order chi connectivity index (χ0) is 15.2. The summed E-state index contributed by atoms with van der Waals surface area (Å²) in [5, 5.41) is 3.35. The molecule has 0 amide bonds. The predicted octanol–water partition coefficient (Wildman–Crippen LogP) is 2.94. The lowest BCUT2D eigenvalue weighted by molar-refractivity contribution is 0.563. The molecule has 0 aromatic carbocycles. The van der Waals surface area contributed by atoms with Gasteiger partial charge in [0.25, 0.3) is 0 Å². The van der Waals surface area contributed by atoms with Gasteiger partial charge in [0, 0.05) is 31.6 Å². The molecule has 0 spiro atoms. The first-order chi connectivity index (χ1) is 10.1. The molecule has 1 N–H and O–H groups in total. The van der Waals surface area contributed by atoms with Gasteiger partial charge in [0.05, 0.1) is 30.1 Å². The van der Waals surface area contributed by atoms with Crippen LogP contribution in [0.5, 0.6) is 0 Å². The summed E-state index contributed by atoms with van der Waals surface area (Å²) in [6.07, 6.45) is 5.39. The predicted molar refractivity (Wildman–Crippen MR) is 84.3 cm³/mol. The number of aromatic nitrogens is 2. The Morgan fingerprint density at radius 3 is 2.81 bits per heavy atom. The number of nitrogens with zero attached hydrogens (tertiary/aromatic N) is 3. The minimum absolute atomic E-state index is 0.332. The lowest BCUT2D eigenvalue weighted by atomic mass is 10.2. The molecule has 0 unspecified atom stereocenters. The largest absolute Gasteiger partial charge is 0.472 e. The van der Waals surface area contributed by atoms with Crippen LogP contribution < -0.4 is 10.2 Å². The molecular weight excluding hydrogens is 264 g/mol. The van der Waals surface area contributed by atoms with E-state index in [4.69, 9.17) is 9.40 Å². The summed E-state index contributed by atoms with van der Waals surface area (Å²) in [6, 6.07) is 1.98. The summed E-state index contributed by atoms with van der Waals surface area (Å²) < 4.78 is 5.13. The van der Waals surface area contributed by atoms with E-state index in [9.17, 15) is 0 Å². The van der Waals surface area contributed by atoms with Gasteiger partial charge in [-0.05, 0) is 12.6 Å². The van der Waals surface area contributed by atoms with Gasteiger partial charge in [-0.2, -0.15) is 0 Å². The van der Waals surface area contributed by atoms with Crippen LogP contribution in [0.4, 0.5) is 5.69 Å². The smallest absolute Gasteiger partial charge is 0.131 e. The van der Waals surface area contributed by atoms with Gasteiger partial charge in [0.2, 0.25) is 0 Å². The van der Waals surface area contributed by atoms with Gasteiger partial charge in [-0.3, -0.25) is 0 Å². The van der Waals surface area contributed by atoms with E-state index in [1.54, 1.807) is 12.5 Å². The van der Waals surface area contributed by atoms with E-state index < -0.39 is 0 Å². The zero-order valence-electron chi connectivity index (χ0n) is 13.3. The van der Waals surface area contributed by atoms with Crippen molar-refractivity contribution in [1.29, 1.82) is 0 Å². The van der Waals surface area contributed by atoms with E-state index in [1.165, 1.54) is 0 Å². The SMILES string of the molecule is CCNCc1nc(C(C)C)ncc1N(C)Cc1ccoc1. The monoisotopic (exact) mass is 288 g/mol. The maximum Gasteiger partial charge on any atom is 0.131 e. The van der Waals surface area contributed by atoms with Crippen LogP contribution in [-0.4, -0.2) is 23.6 Å². The quantitative estimate of drug-likeness (QED) is 0.849. The topological polar surface area (TPSA) is 54.2 Å². The number of furan rings is 1. The number of hydrogen-bond acceptors (Lipinski definition) is 5. The number of rotatable bonds is 7. The Labute approximate surface area is 126 Å². The highest BCUT2D eigenvalue weighted by Crippen LogP contribution is 2.21. The number of nitrogens with one attached hydrogen (secondary N) is 1. The molecule has 0 saturated heterocycles. The van der Waals surface area contributed by atoms with Crippen LogP contribution in [0.25, 0.3) is 0 Å². The van der Waals surface area contributed by atoms with Crippen LogP contribution in [0.2, 0.25) is 0 Å². The molecule has 0 atom stereocenters. The van der Waals surface area contributed by atoms with Crippen molar-refractivity contribution in [3.63, 3.8) is 0 Å². The molecule has 5 heteroatoms. The van der Waals surface area contributed by atoms with Crippen molar-refractivity contribution in [2.75, 3.05) is 18.5 Å². The van der Waals surface area contributed by atoms with E-state index in [0.717, 1.165) is 42.4 Å². The lowest BCUT2D eigenvalue weighted by Gasteiger charge is -2.22. The van der Waals surface area contributed by atoms with Gasteiger partial charge in [0.15, 0.2) is 0 Å². The first-order valence-electron chi connectivity index (χ1n) is 7.40. The second-order valence-corrected chi connectivity index (χ2v) is 5.48. The van der Waals surface area contributed by atoms with Gasteiger partial charge in [0.1, 0.15) is 5.82 Å². The Morgan fingerprint density at radius 2 is 2.19 bits per heavy atom. The molecule has 0 aliphatic rings. The summed E-state index contributed by atoms with van der Waals surface area (Å²) >= 11 is 0. The fourth-order valence-electron chi connectivity index (χ4n) is 2.14. The highest BCUT2D eigenvalue weighted by atomic mass is 16.3. The molecule has 0 aliphatic carbocycles. The summed E-state index contributed by atoms with van der Waals surface area (Å²) in [4.78, 5) is 11.4. The molecule has 2 aromatic heterocycles. The fraction of sp³-hybridized carbons (Fsp3) is 0.500. The van der Waals surface area contributed by atoms with Gasteiger partial charge in [-0.1, -0.05) is 20.8 Å². The maximum atomic E-state index is 5.13. The molecule has 0 fully saturated rings. The average Bonchev–Trinajstić information content (AvgIpc) is 2.97. The van der Waals surface area contributed by atoms with Crippen molar-refractivity contribution >= 4 is 5.69 Å². The van der Waals surface area contributed by atoms with E-state index in [1.807, 2.05) is 12.3 Å². The van der Waals surface area contributed by atoms with Gasteiger partial charge < -0.3 is 14.6 Å². The molecule has 114 valence electrons. The summed E-state index contributed by atoms with van der Waals surface area (Å²) in [7, 11) is 2.05. The Morgan fingerprint density at radius 1 is 1.38 bits per heavy atom. The number of anilines is 1. The van der Waals surface area contributed by atoms with Gasteiger partial charge >= 0.3 is 0 Å². The molecule has 0 saturated carbocycles. The summed E-state index contributed by atoms with van der Waals surface area (Å²) in [5.74, 6) is 1.22. The van der Waals surface area contributed by atoms with E-state index in [-0.39, 0.29) is 0 Å². The van der Waals surface area contributed by atoms with E-state index >= 15 is 0 Å². The highest BCUT2D eigenvalue weighted by Gasteiger charge is 2.13. The minimum Gasteiger partial charge on any atom is -0.472 e. The lowest BCUT2D eigenvalue weighted by Crippen LogP contribution is -2.22. The molecule has 2 aromatic rings. The molecule has 2 rings (SSSR count). The maximum absolute atomic E-state index is 5.13. The van der Waals surface area contributed by atoms with Crippen molar-refractivity contribution in [3.05, 3.63) is 41.9 Å². The molecule has 5 nitrogen and oxygen atoms in total. The molecule has 0 bridgehead atoms. The second-order valence-electron chi connectivity index (χ2n) is 5.48. The van der Waals surface area contributed by atoms with Gasteiger partial charge in [-0.15, -0.1) is 0 Å². The van der Waals surface area contributed by atoms with Crippen LogP contribution in [-0.2, 0) is 13.1 Å². The van der Waals surface area contributed by atoms with Gasteiger partial charge in [-0.25, -0.2) is 9.97 Å². The van der Waals surface area contributed by atoms with Crippen molar-refractivity contribution in [1.82, 2.24) is 15.3 Å². The third kappa shape index (κ3) is 4.04. The van der Waals surface area contributed by atoms with Crippen molar-refractivity contribution in [3.8, 4) is 0 Å². The minimum atomic E-state index is 0.332. The van der Waals surface area contributed by atoms with Crippen LogP contribution in [0.15, 0.2) is 29.2 Å². The Bertz CT molecular complexity index is 551. The van der Waals surface area contributed by atoms with Crippen LogP contribution in [0.1, 0.15) is 43.8 Å². The molecule has 2 heterocycles. The van der Waals surface area contributed by atoms with Crippen molar-refractivity contribution < 1.29 is 4.42 Å². The Kier molecular flexibility index (Phi) is 5.33. The molecular formula is C16H24N4O. The Balaban J connectivity index is 2.23. The normalized spacial score (nSPS) is 11.1. The van der Waals surface area contributed by atoms with E-state index in [2.05, 4.69) is 43.0 Å². The molecule has 21 heavy (non-hydrogen) atoms. The third-order valence-electron chi connectivity index (χ3n) is 3.33. The highest BCUT2D eigenvalue weighted by molar-refractivity contribution is 5.49. The second kappa shape index (κ2) is 7.22. The van der Waals surface area contributed by atoms with Crippen molar-refractivity contribution in [2.45, 2.75) is 39.8 Å². The Hall–Kier alpha value is -1.88. The van der Waals surface area contributed by atoms with E-state index in [0.29, 0.717) is 5.92 Å². The summed E-state index contributed by atoms with van der Waals surface area (Å²) in [6.45, 7) is 8.78. The third-order valence-corrected chi connectivity index (χ3v) is 3.33. The zero-order valence-corrected chi connectivity index (χ0v) is 13.3. The average molecular weight is 288 g/mol. The first kappa shape index (κ1) is 15.5.